The van der Waals surface area contributed by atoms with Crippen LogP contribution in [-0.2, 0) is 21.4 Å². The second-order valence-corrected chi connectivity index (χ2v) is 8.32. The van der Waals surface area contributed by atoms with Gasteiger partial charge in [-0.1, -0.05) is 24.3 Å². The Hall–Kier alpha value is -2.49. The van der Waals surface area contributed by atoms with Crippen LogP contribution in [-0.4, -0.2) is 47.7 Å². The zero-order valence-corrected chi connectivity index (χ0v) is 15.6. The largest absolute Gasteiger partial charge is 0.481 e. The van der Waals surface area contributed by atoms with E-state index in [0.717, 1.165) is 21.0 Å². The lowest BCUT2D eigenvalue weighted by atomic mass is 10.1. The SMILES string of the molecule is COc1ccc(-c2ccc(CN3[C@H](C(=O)NO)CCCS3(=O)=O)cc2)cn1. The van der Waals surface area contributed by atoms with E-state index in [-0.39, 0.29) is 12.3 Å². The Morgan fingerprint density at radius 2 is 1.96 bits per heavy atom. The molecule has 9 heteroatoms. The van der Waals surface area contributed by atoms with Gasteiger partial charge >= 0.3 is 0 Å². The number of nitrogens with one attached hydrogen (secondary N) is 1. The van der Waals surface area contributed by atoms with E-state index in [1.165, 1.54) is 0 Å². The molecule has 1 fully saturated rings. The predicted molar refractivity (Wildman–Crippen MR) is 98.5 cm³/mol. The van der Waals surface area contributed by atoms with Crippen molar-refractivity contribution in [1.82, 2.24) is 14.8 Å². The van der Waals surface area contributed by atoms with E-state index < -0.39 is 22.0 Å². The molecule has 2 aromatic rings. The highest BCUT2D eigenvalue weighted by atomic mass is 32.2. The molecule has 3 rings (SSSR count). The third-order valence-electron chi connectivity index (χ3n) is 4.57. The van der Waals surface area contributed by atoms with Crippen LogP contribution in [0.3, 0.4) is 0 Å². The van der Waals surface area contributed by atoms with Crippen molar-refractivity contribution in [3.05, 3.63) is 48.2 Å². The molecule has 1 aromatic heterocycles. The maximum Gasteiger partial charge on any atom is 0.261 e. The van der Waals surface area contributed by atoms with Gasteiger partial charge in [-0.25, -0.2) is 18.9 Å². The lowest BCUT2D eigenvalue weighted by Gasteiger charge is -2.33. The number of amides is 1. The van der Waals surface area contributed by atoms with Crippen molar-refractivity contribution in [2.45, 2.75) is 25.4 Å². The van der Waals surface area contributed by atoms with Crippen molar-refractivity contribution in [3.63, 3.8) is 0 Å². The van der Waals surface area contributed by atoms with Crippen LogP contribution < -0.4 is 10.2 Å². The molecule has 1 saturated heterocycles. The number of hydrogen-bond acceptors (Lipinski definition) is 6. The molecule has 1 aliphatic rings. The first-order chi connectivity index (χ1) is 12.9. The molecule has 0 unspecified atom stereocenters. The fraction of sp³-hybridized carbons (Fsp3) is 0.333. The highest BCUT2D eigenvalue weighted by Crippen LogP contribution is 2.25. The predicted octanol–water partition coefficient (Wildman–Crippen LogP) is 1.56. The number of carbonyl (C=O) groups excluding carboxylic acids is 1. The van der Waals surface area contributed by atoms with Gasteiger partial charge in [0.25, 0.3) is 5.91 Å². The number of ether oxygens (including phenoxy) is 1. The number of rotatable bonds is 5. The number of methoxy groups -OCH3 is 1. The lowest BCUT2D eigenvalue weighted by molar-refractivity contribution is -0.133. The quantitative estimate of drug-likeness (QED) is 0.591. The molecule has 1 aliphatic heterocycles. The smallest absolute Gasteiger partial charge is 0.261 e. The summed E-state index contributed by atoms with van der Waals surface area (Å²) < 4.78 is 31.0. The van der Waals surface area contributed by atoms with Gasteiger partial charge in [-0.2, -0.15) is 4.31 Å². The Bertz CT molecular complexity index is 898. The highest BCUT2D eigenvalue weighted by Gasteiger charge is 2.38. The van der Waals surface area contributed by atoms with Gasteiger partial charge in [0.15, 0.2) is 0 Å². The number of hydroxylamine groups is 1. The van der Waals surface area contributed by atoms with Crippen LogP contribution >= 0.6 is 0 Å². The maximum absolute atomic E-state index is 12.4. The topological polar surface area (TPSA) is 109 Å². The molecule has 8 nitrogen and oxygen atoms in total. The van der Waals surface area contributed by atoms with Crippen molar-refractivity contribution in [2.75, 3.05) is 12.9 Å². The molecule has 1 atom stereocenters. The molecule has 2 heterocycles. The molecule has 144 valence electrons. The molecule has 0 saturated carbocycles. The minimum atomic E-state index is -3.56. The van der Waals surface area contributed by atoms with Crippen molar-refractivity contribution in [3.8, 4) is 17.0 Å². The van der Waals surface area contributed by atoms with Gasteiger partial charge in [-0.3, -0.25) is 10.0 Å². The third kappa shape index (κ3) is 4.26. The maximum atomic E-state index is 12.4. The van der Waals surface area contributed by atoms with Crippen LogP contribution in [0.5, 0.6) is 5.88 Å². The highest BCUT2D eigenvalue weighted by molar-refractivity contribution is 7.89. The van der Waals surface area contributed by atoms with Gasteiger partial charge in [-0.15, -0.1) is 0 Å². The Kier molecular flexibility index (Phi) is 5.73. The number of nitrogens with zero attached hydrogens (tertiary/aromatic N) is 2. The van der Waals surface area contributed by atoms with Crippen LogP contribution in [0.15, 0.2) is 42.6 Å². The fourth-order valence-electron chi connectivity index (χ4n) is 3.11. The summed E-state index contributed by atoms with van der Waals surface area (Å²) in [4.78, 5) is 16.0. The number of pyridine rings is 1. The second kappa shape index (κ2) is 8.03. The minimum Gasteiger partial charge on any atom is -0.481 e. The Morgan fingerprint density at radius 3 is 2.56 bits per heavy atom. The van der Waals surface area contributed by atoms with Crippen molar-refractivity contribution in [2.24, 2.45) is 0 Å². The zero-order chi connectivity index (χ0) is 19.4. The Morgan fingerprint density at radius 1 is 1.26 bits per heavy atom. The standard InChI is InChI=1S/C18H21N3O5S/c1-26-17-9-8-15(11-19-17)14-6-4-13(5-7-14)12-21-16(18(22)20-23)3-2-10-27(21,24)25/h4-9,11,16,23H,2-3,10,12H2,1H3,(H,20,22)/t16-/m0/s1. The fourth-order valence-corrected chi connectivity index (χ4v) is 4.81. The monoisotopic (exact) mass is 391 g/mol. The van der Waals surface area contributed by atoms with Crippen molar-refractivity contribution < 1.29 is 23.2 Å². The number of aromatic nitrogens is 1. The summed E-state index contributed by atoms with van der Waals surface area (Å²) in [6, 6.07) is 10.1. The van der Waals surface area contributed by atoms with Gasteiger partial charge in [0.2, 0.25) is 15.9 Å². The molecule has 0 bridgehead atoms. The molecule has 0 aliphatic carbocycles. The summed E-state index contributed by atoms with van der Waals surface area (Å²) in [7, 11) is -2.01. The van der Waals surface area contributed by atoms with Crippen molar-refractivity contribution >= 4 is 15.9 Å². The van der Waals surface area contributed by atoms with Crippen molar-refractivity contribution in [1.29, 1.82) is 0 Å². The zero-order valence-electron chi connectivity index (χ0n) is 14.8. The molecule has 1 amide bonds. The van der Waals surface area contributed by atoms with E-state index in [2.05, 4.69) is 4.98 Å². The average molecular weight is 391 g/mol. The second-order valence-electron chi connectivity index (χ2n) is 6.28. The summed E-state index contributed by atoms with van der Waals surface area (Å²) in [5.74, 6) is -0.185. The van der Waals surface area contributed by atoms with Crippen LogP contribution in [0.4, 0.5) is 0 Å². The minimum absolute atomic E-state index is 0.00217. The first-order valence-electron chi connectivity index (χ1n) is 8.47. The van der Waals surface area contributed by atoms with Gasteiger partial charge in [0.05, 0.1) is 12.9 Å². The molecular weight excluding hydrogens is 370 g/mol. The van der Waals surface area contributed by atoms with E-state index in [4.69, 9.17) is 9.94 Å². The van der Waals surface area contributed by atoms with E-state index in [1.807, 2.05) is 30.3 Å². The first kappa shape index (κ1) is 19.3. The van der Waals surface area contributed by atoms with Gasteiger partial charge < -0.3 is 4.74 Å². The molecule has 27 heavy (non-hydrogen) atoms. The normalized spacial score (nSPS) is 19.4. The third-order valence-corrected chi connectivity index (χ3v) is 6.47. The van der Waals surface area contributed by atoms with Crippen LogP contribution in [0.25, 0.3) is 11.1 Å². The van der Waals surface area contributed by atoms with Crippen LogP contribution in [0.2, 0.25) is 0 Å². The lowest BCUT2D eigenvalue weighted by Crippen LogP contribution is -2.51. The van der Waals surface area contributed by atoms with E-state index in [0.29, 0.717) is 18.7 Å². The van der Waals surface area contributed by atoms with Gasteiger partial charge in [-0.05, 0) is 30.0 Å². The molecular formula is C18H21N3O5S. The van der Waals surface area contributed by atoms with Gasteiger partial charge in [0, 0.05) is 24.4 Å². The Balaban J connectivity index is 1.80. The Labute approximate surface area is 157 Å². The number of hydrogen-bond donors (Lipinski definition) is 2. The summed E-state index contributed by atoms with van der Waals surface area (Å²) in [5, 5.41) is 8.91. The van der Waals surface area contributed by atoms with E-state index >= 15 is 0 Å². The van der Waals surface area contributed by atoms with E-state index in [1.54, 1.807) is 24.9 Å². The van der Waals surface area contributed by atoms with Crippen LogP contribution in [0.1, 0.15) is 18.4 Å². The summed E-state index contributed by atoms with van der Waals surface area (Å²) in [6.45, 7) is 0.0710. The first-order valence-corrected chi connectivity index (χ1v) is 10.1. The molecule has 0 spiro atoms. The number of carbonyl (C=O) groups is 1. The molecule has 0 radical (unpaired) electrons. The average Bonchev–Trinajstić information content (AvgIpc) is 2.69. The molecule has 2 N–H and O–H groups in total. The summed E-state index contributed by atoms with van der Waals surface area (Å²) in [5.41, 5.74) is 4.16. The van der Waals surface area contributed by atoms with E-state index in [9.17, 15) is 13.2 Å². The van der Waals surface area contributed by atoms with Crippen LogP contribution in [0, 0.1) is 0 Å². The number of benzene rings is 1. The molecule has 1 aromatic carbocycles. The summed E-state index contributed by atoms with van der Waals surface area (Å²) in [6.07, 6.45) is 2.46. The summed E-state index contributed by atoms with van der Waals surface area (Å²) >= 11 is 0. The number of sulfonamides is 1. The van der Waals surface area contributed by atoms with Gasteiger partial charge in [0.1, 0.15) is 6.04 Å².